The third-order valence-corrected chi connectivity index (χ3v) is 7.93. The summed E-state index contributed by atoms with van der Waals surface area (Å²) in [6.07, 6.45) is 0. The quantitative estimate of drug-likeness (QED) is 0.242. The molecule has 2 aliphatic rings. The van der Waals surface area contributed by atoms with Crippen molar-refractivity contribution in [1.29, 1.82) is 0 Å². The Morgan fingerprint density at radius 1 is 0.462 bits per heavy atom. The normalized spacial score (nSPS) is 13.3. The molecule has 8 nitrogen and oxygen atoms in total. The maximum Gasteiger partial charge on any atom is 0.488 e. The molecule has 0 saturated heterocycles. The van der Waals surface area contributed by atoms with Gasteiger partial charge in [-0.1, -0.05) is 36.4 Å². The van der Waals surface area contributed by atoms with Crippen molar-refractivity contribution in [2.45, 2.75) is 5.41 Å². The largest absolute Gasteiger partial charge is 0.493 e. The van der Waals surface area contributed by atoms with Crippen LogP contribution >= 0.6 is 0 Å². The highest BCUT2D eigenvalue weighted by molar-refractivity contribution is 6.59. The first-order valence-corrected chi connectivity index (χ1v) is 12.3. The van der Waals surface area contributed by atoms with E-state index in [1.54, 1.807) is 52.7 Å². The topological polar surface area (TPSA) is 118 Å². The number of fused-ring (bicyclic) bond motifs is 10. The average Bonchev–Trinajstić information content (AvgIpc) is 3.40. The van der Waals surface area contributed by atoms with E-state index in [1.807, 2.05) is 36.4 Å². The van der Waals surface area contributed by atoms with Crippen molar-refractivity contribution >= 4 is 25.2 Å². The lowest BCUT2D eigenvalue weighted by Crippen LogP contribution is -2.34. The van der Waals surface area contributed by atoms with E-state index < -0.39 is 19.7 Å². The molecule has 2 aliphatic carbocycles. The summed E-state index contributed by atoms with van der Waals surface area (Å²) in [7, 11) is 2.93. The van der Waals surface area contributed by atoms with Crippen molar-refractivity contribution in [3.8, 4) is 45.3 Å². The van der Waals surface area contributed by atoms with Crippen LogP contribution in [-0.2, 0) is 5.41 Å². The van der Waals surface area contributed by atoms with Gasteiger partial charge in [0.05, 0.1) is 33.9 Å². The maximum atomic E-state index is 10.1. The van der Waals surface area contributed by atoms with Crippen LogP contribution < -0.4 is 29.9 Å². The van der Waals surface area contributed by atoms with Gasteiger partial charge in [0, 0.05) is 0 Å². The number of hydrogen-bond acceptors (Lipinski definition) is 8. The van der Waals surface area contributed by atoms with Gasteiger partial charge in [0.2, 0.25) is 0 Å². The minimum absolute atomic E-state index is 0.327. The van der Waals surface area contributed by atoms with Gasteiger partial charge in [-0.05, 0) is 79.7 Å². The molecule has 0 heterocycles. The Balaban J connectivity index is 1.83. The SMILES string of the molecule is COc1cc2c(cc1OC)C1(c3cc(B(O)O)ccc3-2)c2cc(B(O)O)ccc2-c2cc(OC)c(OC)cc21. The van der Waals surface area contributed by atoms with Gasteiger partial charge < -0.3 is 39.0 Å². The summed E-state index contributed by atoms with van der Waals surface area (Å²) in [6.45, 7) is 0. The summed E-state index contributed by atoms with van der Waals surface area (Å²) in [5, 5.41) is 40.6. The molecule has 0 radical (unpaired) electrons. The highest BCUT2D eigenvalue weighted by Crippen LogP contribution is 2.64. The van der Waals surface area contributed by atoms with Gasteiger partial charge in [-0.25, -0.2) is 0 Å². The Morgan fingerprint density at radius 2 is 0.795 bits per heavy atom. The molecule has 6 rings (SSSR count). The third-order valence-electron chi connectivity index (χ3n) is 7.93. The van der Waals surface area contributed by atoms with Gasteiger partial charge >= 0.3 is 14.2 Å². The molecule has 4 aromatic rings. The molecule has 0 amide bonds. The summed E-state index contributed by atoms with van der Waals surface area (Å²) in [4.78, 5) is 0. The second-order valence-electron chi connectivity index (χ2n) is 9.61. The lowest BCUT2D eigenvalue weighted by atomic mass is 9.67. The summed E-state index contributed by atoms with van der Waals surface area (Å²) in [6, 6.07) is 18.4. The molecule has 4 N–H and O–H groups in total. The van der Waals surface area contributed by atoms with Gasteiger partial charge in [-0.3, -0.25) is 0 Å². The van der Waals surface area contributed by atoms with Crippen LogP contribution in [0, 0.1) is 0 Å². The van der Waals surface area contributed by atoms with Gasteiger partial charge in [0.15, 0.2) is 23.0 Å². The molecule has 0 fully saturated rings. The van der Waals surface area contributed by atoms with E-state index in [0.29, 0.717) is 33.9 Å². The summed E-state index contributed by atoms with van der Waals surface area (Å²) >= 11 is 0. The summed E-state index contributed by atoms with van der Waals surface area (Å²) in [5.74, 6) is 2.16. The first-order chi connectivity index (χ1) is 18.8. The molecule has 196 valence electrons. The second-order valence-corrected chi connectivity index (χ2v) is 9.61. The minimum Gasteiger partial charge on any atom is -0.493 e. The van der Waals surface area contributed by atoms with Crippen LogP contribution in [0.5, 0.6) is 23.0 Å². The summed E-state index contributed by atoms with van der Waals surface area (Å²) in [5.41, 5.74) is 6.53. The predicted octanol–water partition coefficient (Wildman–Crippen LogP) is 1.42. The Morgan fingerprint density at radius 3 is 1.13 bits per heavy atom. The Bertz CT molecular complexity index is 1510. The zero-order valence-corrected chi connectivity index (χ0v) is 21.9. The van der Waals surface area contributed by atoms with E-state index in [2.05, 4.69) is 0 Å². The van der Waals surface area contributed by atoms with Crippen LogP contribution in [0.1, 0.15) is 22.3 Å². The van der Waals surface area contributed by atoms with Crippen molar-refractivity contribution in [3.05, 3.63) is 82.9 Å². The van der Waals surface area contributed by atoms with Crippen molar-refractivity contribution in [3.63, 3.8) is 0 Å². The number of hydrogen-bond donors (Lipinski definition) is 4. The molecule has 0 unspecified atom stereocenters. The van der Waals surface area contributed by atoms with Crippen LogP contribution in [0.3, 0.4) is 0 Å². The van der Waals surface area contributed by atoms with Crippen LogP contribution in [0.2, 0.25) is 0 Å². The fourth-order valence-electron chi connectivity index (χ4n) is 6.23. The van der Waals surface area contributed by atoms with Crippen LogP contribution in [0.4, 0.5) is 0 Å². The van der Waals surface area contributed by atoms with E-state index in [4.69, 9.17) is 18.9 Å². The van der Waals surface area contributed by atoms with Crippen molar-refractivity contribution in [1.82, 2.24) is 0 Å². The molecule has 0 aliphatic heterocycles. The van der Waals surface area contributed by atoms with Gasteiger partial charge in [-0.2, -0.15) is 0 Å². The second kappa shape index (κ2) is 9.07. The molecule has 4 aromatic carbocycles. The average molecular weight is 524 g/mol. The Kier molecular flexibility index (Phi) is 5.89. The zero-order chi connectivity index (χ0) is 27.6. The molecule has 0 saturated carbocycles. The highest BCUT2D eigenvalue weighted by Gasteiger charge is 2.53. The molecular formula is C29H26B2O8. The molecule has 0 atom stereocenters. The maximum absolute atomic E-state index is 10.1. The van der Waals surface area contributed by atoms with E-state index in [9.17, 15) is 20.1 Å². The molecule has 0 bridgehead atoms. The fraction of sp³-hybridized carbons (Fsp3) is 0.172. The lowest BCUT2D eigenvalue weighted by molar-refractivity contribution is 0.354. The first-order valence-electron chi connectivity index (χ1n) is 12.3. The van der Waals surface area contributed by atoms with Gasteiger partial charge in [0.25, 0.3) is 0 Å². The minimum atomic E-state index is -1.68. The number of benzene rings is 4. The van der Waals surface area contributed by atoms with Gasteiger partial charge in [0.1, 0.15) is 0 Å². The van der Waals surface area contributed by atoms with E-state index in [-0.39, 0.29) is 0 Å². The first kappa shape index (κ1) is 25.3. The highest BCUT2D eigenvalue weighted by atomic mass is 16.5. The van der Waals surface area contributed by atoms with Crippen LogP contribution in [-0.4, -0.2) is 62.8 Å². The van der Waals surface area contributed by atoms with E-state index in [1.165, 1.54) is 0 Å². The summed E-state index contributed by atoms with van der Waals surface area (Å²) < 4.78 is 22.7. The van der Waals surface area contributed by atoms with E-state index in [0.717, 1.165) is 44.5 Å². The molecule has 10 heteroatoms. The number of rotatable bonds is 6. The third kappa shape index (κ3) is 3.36. The molecule has 1 spiro atoms. The Hall–Kier alpha value is -3.95. The Labute approximate surface area is 226 Å². The predicted molar refractivity (Wildman–Crippen MR) is 149 cm³/mol. The van der Waals surface area contributed by atoms with E-state index >= 15 is 0 Å². The molecule has 39 heavy (non-hydrogen) atoms. The number of ether oxygens (including phenoxy) is 4. The van der Waals surface area contributed by atoms with Crippen molar-refractivity contribution in [2.75, 3.05) is 28.4 Å². The van der Waals surface area contributed by atoms with Gasteiger partial charge in [-0.15, -0.1) is 0 Å². The van der Waals surface area contributed by atoms with Crippen molar-refractivity contribution < 1.29 is 39.0 Å². The lowest BCUT2D eigenvalue weighted by Gasteiger charge is -2.31. The van der Waals surface area contributed by atoms with Crippen molar-refractivity contribution in [2.24, 2.45) is 0 Å². The smallest absolute Gasteiger partial charge is 0.488 e. The fourth-order valence-corrected chi connectivity index (χ4v) is 6.23. The monoisotopic (exact) mass is 524 g/mol. The van der Waals surface area contributed by atoms with Crippen LogP contribution in [0.15, 0.2) is 60.7 Å². The standard InChI is InChI=1S/C29H26B2O8/c1-36-25-11-19-17-7-5-15(30(32)33)9-21(17)29(23(19)13-27(25)38-3)22-10-16(31(34)35)6-8-18(22)20-12-26(37-2)28(39-4)14-24(20)29/h5-14,32-35H,1-4H3. The zero-order valence-electron chi connectivity index (χ0n) is 21.9. The number of methoxy groups -OCH3 is 4. The van der Waals surface area contributed by atoms with Crippen LogP contribution in [0.25, 0.3) is 22.3 Å². The molecular weight excluding hydrogens is 498 g/mol. The molecule has 0 aromatic heterocycles.